The number of amides is 1. The van der Waals surface area contributed by atoms with Gasteiger partial charge in [0.1, 0.15) is 0 Å². The van der Waals surface area contributed by atoms with E-state index in [-0.39, 0.29) is 11.4 Å². The maximum atomic E-state index is 13.2. The van der Waals surface area contributed by atoms with Crippen molar-refractivity contribution in [2.75, 3.05) is 19.6 Å². The van der Waals surface area contributed by atoms with Gasteiger partial charge in [0, 0.05) is 56.4 Å². The summed E-state index contributed by atoms with van der Waals surface area (Å²) in [6.07, 6.45) is 8.21. The first kappa shape index (κ1) is 18.2. The number of hydrogen-bond acceptors (Lipinski definition) is 3. The molecule has 27 heavy (non-hydrogen) atoms. The van der Waals surface area contributed by atoms with Crippen LogP contribution in [0.25, 0.3) is 0 Å². The minimum absolute atomic E-state index is 0.00416. The number of fused-ring (bicyclic) bond motifs is 4. The summed E-state index contributed by atoms with van der Waals surface area (Å²) in [5.41, 5.74) is 1.92. The lowest BCUT2D eigenvalue weighted by molar-refractivity contribution is 0.0584. The van der Waals surface area contributed by atoms with Crippen molar-refractivity contribution < 1.29 is 4.79 Å². The zero-order chi connectivity index (χ0) is 19.0. The molecule has 0 unspecified atom stereocenters. The molecule has 2 atom stereocenters. The van der Waals surface area contributed by atoms with Gasteiger partial charge in [-0.2, -0.15) is 0 Å². The zero-order valence-corrected chi connectivity index (χ0v) is 16.6. The molecule has 3 aliphatic rings. The normalized spacial score (nSPS) is 23.4. The van der Waals surface area contributed by atoms with E-state index in [0.717, 1.165) is 43.9 Å². The molecule has 3 aliphatic heterocycles. The number of aromatic nitrogens is 2. The highest BCUT2D eigenvalue weighted by atomic mass is 16.2. The Morgan fingerprint density at radius 1 is 1.15 bits per heavy atom. The van der Waals surface area contributed by atoms with Crippen molar-refractivity contribution in [1.29, 1.82) is 0 Å². The van der Waals surface area contributed by atoms with Crippen molar-refractivity contribution in [1.82, 2.24) is 19.4 Å². The Morgan fingerprint density at radius 3 is 2.70 bits per heavy atom. The summed E-state index contributed by atoms with van der Waals surface area (Å²) in [4.78, 5) is 22.3. The monoisotopic (exact) mass is 366 g/mol. The third kappa shape index (κ3) is 3.93. The molecule has 2 bridgehead atoms. The number of carbonyl (C=O) groups is 1. The Morgan fingerprint density at radius 2 is 2.00 bits per heavy atom. The molecule has 3 fully saturated rings. The summed E-state index contributed by atoms with van der Waals surface area (Å²) < 4.78 is 2.13. The van der Waals surface area contributed by atoms with Crippen LogP contribution in [-0.2, 0) is 12.1 Å². The predicted octanol–water partition coefficient (Wildman–Crippen LogP) is 3.37. The Kier molecular flexibility index (Phi) is 4.81. The average molecular weight is 367 g/mol. The second-order valence-electron chi connectivity index (χ2n) is 9.05. The number of pyridine rings is 1. The van der Waals surface area contributed by atoms with E-state index in [4.69, 9.17) is 0 Å². The number of carbonyl (C=O) groups excluding carboxylic acids is 1. The second-order valence-corrected chi connectivity index (χ2v) is 9.05. The molecule has 5 rings (SSSR count). The Bertz CT molecular complexity index is 792. The Hall–Kier alpha value is -2.14. The topological polar surface area (TPSA) is 41.4 Å². The van der Waals surface area contributed by atoms with Gasteiger partial charge in [-0.25, -0.2) is 0 Å². The summed E-state index contributed by atoms with van der Waals surface area (Å²) in [6.45, 7) is 10.2. The van der Waals surface area contributed by atoms with E-state index in [1.165, 1.54) is 6.42 Å². The van der Waals surface area contributed by atoms with Gasteiger partial charge in [-0.3, -0.25) is 14.7 Å². The van der Waals surface area contributed by atoms with Gasteiger partial charge < -0.3 is 9.47 Å². The zero-order valence-electron chi connectivity index (χ0n) is 16.6. The molecular weight excluding hydrogens is 336 g/mol. The van der Waals surface area contributed by atoms with Crippen molar-refractivity contribution in [2.45, 2.75) is 51.7 Å². The molecular formula is C22H30N4O. The number of rotatable bonds is 3. The van der Waals surface area contributed by atoms with Gasteiger partial charge in [-0.05, 0) is 57.7 Å². The van der Waals surface area contributed by atoms with Crippen LogP contribution in [0, 0.1) is 5.92 Å². The number of hydrogen-bond donors (Lipinski definition) is 0. The molecule has 0 radical (unpaired) electrons. The lowest BCUT2D eigenvalue weighted by Gasteiger charge is -2.36. The van der Waals surface area contributed by atoms with E-state index < -0.39 is 0 Å². The van der Waals surface area contributed by atoms with Crippen LogP contribution in [0.15, 0.2) is 42.9 Å². The van der Waals surface area contributed by atoms with Crippen LogP contribution in [0.5, 0.6) is 0 Å². The highest BCUT2D eigenvalue weighted by molar-refractivity contribution is 5.94. The van der Waals surface area contributed by atoms with E-state index in [1.807, 2.05) is 36.8 Å². The van der Waals surface area contributed by atoms with Crippen LogP contribution in [0.4, 0.5) is 0 Å². The molecule has 3 saturated heterocycles. The van der Waals surface area contributed by atoms with Gasteiger partial charge in [0.15, 0.2) is 0 Å². The molecule has 1 amide bonds. The maximum absolute atomic E-state index is 13.2. The summed E-state index contributed by atoms with van der Waals surface area (Å²) in [6, 6.07) is 8.37. The molecule has 0 aliphatic carbocycles. The third-order valence-corrected chi connectivity index (χ3v) is 5.88. The van der Waals surface area contributed by atoms with Crippen LogP contribution in [0.3, 0.4) is 0 Å². The first-order valence-corrected chi connectivity index (χ1v) is 10.0. The molecule has 0 saturated carbocycles. The van der Waals surface area contributed by atoms with Gasteiger partial charge in [-0.1, -0.05) is 6.07 Å². The van der Waals surface area contributed by atoms with E-state index in [0.29, 0.717) is 12.0 Å². The van der Waals surface area contributed by atoms with E-state index in [1.54, 1.807) is 0 Å². The van der Waals surface area contributed by atoms with Crippen molar-refractivity contribution in [3.05, 3.63) is 54.1 Å². The van der Waals surface area contributed by atoms with E-state index in [2.05, 4.69) is 46.2 Å². The average Bonchev–Trinajstić information content (AvgIpc) is 2.99. The van der Waals surface area contributed by atoms with E-state index >= 15 is 0 Å². The van der Waals surface area contributed by atoms with Crippen molar-refractivity contribution in [3.63, 3.8) is 0 Å². The Balaban J connectivity index is 1.49. The minimum atomic E-state index is -0.00416. The van der Waals surface area contributed by atoms with Gasteiger partial charge >= 0.3 is 0 Å². The highest BCUT2D eigenvalue weighted by Gasteiger charge is 2.37. The third-order valence-electron chi connectivity index (χ3n) is 5.88. The quantitative estimate of drug-likeness (QED) is 0.836. The fourth-order valence-electron chi connectivity index (χ4n) is 4.38. The van der Waals surface area contributed by atoms with E-state index in [9.17, 15) is 4.79 Å². The molecule has 2 aromatic rings. The fourth-order valence-corrected chi connectivity index (χ4v) is 4.38. The van der Waals surface area contributed by atoms with Crippen molar-refractivity contribution >= 4 is 5.91 Å². The van der Waals surface area contributed by atoms with Gasteiger partial charge in [0.05, 0.1) is 11.3 Å². The largest absolute Gasteiger partial charge is 0.348 e. The molecule has 5 heteroatoms. The fraction of sp³-hybridized carbons (Fsp3) is 0.545. The Labute approximate surface area is 162 Å². The van der Waals surface area contributed by atoms with Crippen molar-refractivity contribution in [3.8, 4) is 0 Å². The molecule has 2 aromatic heterocycles. The lowest BCUT2D eigenvalue weighted by atomic mass is 9.94. The van der Waals surface area contributed by atoms with Crippen LogP contribution in [0.1, 0.15) is 49.7 Å². The summed E-state index contributed by atoms with van der Waals surface area (Å²) in [5.74, 6) is 0.744. The second kappa shape index (κ2) is 7.12. The summed E-state index contributed by atoms with van der Waals surface area (Å²) in [7, 11) is 0. The van der Waals surface area contributed by atoms with Crippen LogP contribution in [-0.4, -0.2) is 50.9 Å². The molecule has 5 nitrogen and oxygen atoms in total. The lowest BCUT2D eigenvalue weighted by Crippen LogP contribution is -2.47. The molecule has 5 heterocycles. The van der Waals surface area contributed by atoms with Crippen LogP contribution >= 0.6 is 0 Å². The van der Waals surface area contributed by atoms with Crippen LogP contribution < -0.4 is 0 Å². The van der Waals surface area contributed by atoms with Crippen molar-refractivity contribution in [2.24, 2.45) is 5.92 Å². The predicted molar refractivity (Wildman–Crippen MR) is 106 cm³/mol. The number of piperidine rings is 1. The summed E-state index contributed by atoms with van der Waals surface area (Å²) in [5, 5.41) is 0. The molecule has 0 spiro atoms. The first-order chi connectivity index (χ1) is 12.9. The van der Waals surface area contributed by atoms with Gasteiger partial charge in [0.25, 0.3) is 5.91 Å². The van der Waals surface area contributed by atoms with Crippen LogP contribution in [0.2, 0.25) is 0 Å². The minimum Gasteiger partial charge on any atom is -0.348 e. The molecule has 0 N–H and O–H groups in total. The standard InChI is InChI=1S/C22H30N4O/c1-22(2,3)25-11-9-18(14-25)21(27)26-13-17-7-8-20(26)16-24(12-17)15-19-6-4-5-10-23-19/h4-6,9-11,14,17,20H,7-8,12-13,15-16H2,1-3H3/t17-,20+/m0/s1. The maximum Gasteiger partial charge on any atom is 0.255 e. The smallest absolute Gasteiger partial charge is 0.255 e. The SMILES string of the molecule is CC(C)(C)n1ccc(C(=O)N2C[C@H]3CC[C@@H]2CN(Cc2ccccn2)C3)c1. The highest BCUT2D eigenvalue weighted by Crippen LogP contribution is 2.30. The van der Waals surface area contributed by atoms with Gasteiger partial charge in [0.2, 0.25) is 0 Å². The number of nitrogens with zero attached hydrogens (tertiary/aromatic N) is 4. The molecule has 0 aromatic carbocycles. The first-order valence-electron chi connectivity index (χ1n) is 10.0. The summed E-state index contributed by atoms with van der Waals surface area (Å²) >= 11 is 0. The molecule has 144 valence electrons. The van der Waals surface area contributed by atoms with Gasteiger partial charge in [-0.15, -0.1) is 0 Å².